The van der Waals surface area contributed by atoms with Gasteiger partial charge in [0, 0.05) is 0 Å². The largest absolute Gasteiger partial charge is 0.462 e. The molecule has 0 saturated carbocycles. The van der Waals surface area contributed by atoms with E-state index in [1.165, 1.54) is 44.9 Å². The Morgan fingerprint density at radius 3 is 1.48 bits per heavy atom. The molecule has 0 aliphatic rings. The van der Waals surface area contributed by atoms with Gasteiger partial charge < -0.3 is 4.74 Å². The standard InChI is InChI=1S/C23H42F2O2/c1-3-5-7-9-10-11-12-13-14-15-17-19-21(22(24)25)23(26)27-20-18-16-8-6-4-2/h3-20H2,1-2H3. The van der Waals surface area contributed by atoms with Gasteiger partial charge in [0.25, 0.3) is 6.08 Å². The maximum absolute atomic E-state index is 13.0. The van der Waals surface area contributed by atoms with Crippen molar-refractivity contribution in [2.75, 3.05) is 6.61 Å². The zero-order valence-electron chi connectivity index (χ0n) is 17.8. The highest BCUT2D eigenvalue weighted by Crippen LogP contribution is 2.19. The Kier molecular flexibility index (Phi) is 19.1. The topological polar surface area (TPSA) is 26.3 Å². The van der Waals surface area contributed by atoms with Crippen LogP contribution in [0.4, 0.5) is 8.78 Å². The average Bonchev–Trinajstić information content (AvgIpc) is 2.65. The molecule has 0 rings (SSSR count). The zero-order chi connectivity index (χ0) is 20.2. The van der Waals surface area contributed by atoms with Gasteiger partial charge >= 0.3 is 5.97 Å². The Bertz CT molecular complexity index is 377. The van der Waals surface area contributed by atoms with Gasteiger partial charge in [-0.2, -0.15) is 8.78 Å². The third-order valence-corrected chi connectivity index (χ3v) is 4.99. The second-order valence-electron chi connectivity index (χ2n) is 7.57. The first-order valence-corrected chi connectivity index (χ1v) is 11.3. The summed E-state index contributed by atoms with van der Waals surface area (Å²) in [6, 6.07) is 0. The molecule has 0 aliphatic carbocycles. The van der Waals surface area contributed by atoms with Crippen LogP contribution in [0.1, 0.15) is 123 Å². The van der Waals surface area contributed by atoms with Crippen LogP contribution < -0.4 is 0 Å². The fourth-order valence-corrected chi connectivity index (χ4v) is 3.20. The minimum atomic E-state index is -1.88. The first-order valence-electron chi connectivity index (χ1n) is 11.3. The first-order chi connectivity index (χ1) is 13.1. The SMILES string of the molecule is CCCCCCCCCCCCCC(C(=O)OCCCCCCC)=C(F)F. The molecule has 0 radical (unpaired) electrons. The van der Waals surface area contributed by atoms with Gasteiger partial charge in [-0.1, -0.05) is 104 Å². The number of esters is 1. The lowest BCUT2D eigenvalue weighted by molar-refractivity contribution is -0.139. The number of hydrogen-bond acceptors (Lipinski definition) is 2. The van der Waals surface area contributed by atoms with Crippen LogP contribution in [0.3, 0.4) is 0 Å². The van der Waals surface area contributed by atoms with Crippen LogP contribution in [0.2, 0.25) is 0 Å². The van der Waals surface area contributed by atoms with Crippen molar-refractivity contribution < 1.29 is 18.3 Å². The monoisotopic (exact) mass is 388 g/mol. The lowest BCUT2D eigenvalue weighted by atomic mass is 10.0. The van der Waals surface area contributed by atoms with E-state index in [1.54, 1.807) is 0 Å². The summed E-state index contributed by atoms with van der Waals surface area (Å²) < 4.78 is 31.0. The van der Waals surface area contributed by atoms with E-state index in [2.05, 4.69) is 13.8 Å². The molecule has 2 nitrogen and oxygen atoms in total. The summed E-state index contributed by atoms with van der Waals surface area (Å²) >= 11 is 0. The average molecular weight is 389 g/mol. The lowest BCUT2D eigenvalue weighted by Crippen LogP contribution is -2.10. The number of carbonyl (C=O) groups is 1. The summed E-state index contributed by atoms with van der Waals surface area (Å²) in [5.41, 5.74) is -0.417. The summed E-state index contributed by atoms with van der Waals surface area (Å²) in [5, 5.41) is 0. The number of rotatable bonds is 19. The van der Waals surface area contributed by atoms with Crippen LogP contribution in [0.25, 0.3) is 0 Å². The number of unbranched alkanes of at least 4 members (excludes halogenated alkanes) is 14. The van der Waals surface area contributed by atoms with E-state index in [4.69, 9.17) is 4.74 Å². The third-order valence-electron chi connectivity index (χ3n) is 4.99. The molecule has 0 unspecified atom stereocenters. The summed E-state index contributed by atoms with van der Waals surface area (Å²) in [5.74, 6) is -0.822. The molecule has 0 aromatic heterocycles. The Balaban J connectivity index is 3.70. The smallest absolute Gasteiger partial charge is 0.339 e. The van der Waals surface area contributed by atoms with E-state index in [0.29, 0.717) is 6.42 Å². The van der Waals surface area contributed by atoms with Crippen LogP contribution in [0.15, 0.2) is 11.7 Å². The highest BCUT2D eigenvalue weighted by molar-refractivity contribution is 5.88. The molecular weight excluding hydrogens is 346 g/mol. The van der Waals surface area contributed by atoms with E-state index < -0.39 is 17.6 Å². The third kappa shape index (κ3) is 16.9. The highest BCUT2D eigenvalue weighted by Gasteiger charge is 2.17. The number of ether oxygens (including phenoxy) is 1. The molecule has 0 aromatic carbocycles. The van der Waals surface area contributed by atoms with E-state index in [0.717, 1.165) is 51.4 Å². The molecule has 0 N–H and O–H groups in total. The Morgan fingerprint density at radius 1 is 0.630 bits per heavy atom. The predicted molar refractivity (Wildman–Crippen MR) is 110 cm³/mol. The van der Waals surface area contributed by atoms with Crippen molar-refractivity contribution in [3.05, 3.63) is 11.7 Å². The van der Waals surface area contributed by atoms with Crippen molar-refractivity contribution in [3.63, 3.8) is 0 Å². The van der Waals surface area contributed by atoms with E-state index in [1.807, 2.05) is 0 Å². The fraction of sp³-hybridized carbons (Fsp3) is 0.870. The van der Waals surface area contributed by atoms with E-state index in [9.17, 15) is 13.6 Å². The molecule has 0 aromatic rings. The Labute approximate surface area is 166 Å². The normalized spacial score (nSPS) is 10.8. The second kappa shape index (κ2) is 19.8. The minimum Gasteiger partial charge on any atom is -0.462 e. The molecule has 4 heteroatoms. The minimum absolute atomic E-state index is 0.133. The molecule has 160 valence electrons. The fourth-order valence-electron chi connectivity index (χ4n) is 3.20. The molecule has 0 atom stereocenters. The maximum atomic E-state index is 13.0. The highest BCUT2D eigenvalue weighted by atomic mass is 19.3. The van der Waals surface area contributed by atoms with Gasteiger partial charge in [-0.3, -0.25) is 0 Å². The van der Waals surface area contributed by atoms with Gasteiger partial charge in [0.2, 0.25) is 0 Å². The number of hydrogen-bond donors (Lipinski definition) is 0. The van der Waals surface area contributed by atoms with E-state index in [-0.39, 0.29) is 13.0 Å². The van der Waals surface area contributed by atoms with Crippen molar-refractivity contribution in [2.24, 2.45) is 0 Å². The summed E-state index contributed by atoms with van der Waals surface area (Å²) in [4.78, 5) is 11.8. The van der Waals surface area contributed by atoms with Gasteiger partial charge in [0.05, 0.1) is 6.61 Å². The van der Waals surface area contributed by atoms with Crippen molar-refractivity contribution in [2.45, 2.75) is 123 Å². The Morgan fingerprint density at radius 2 is 1.04 bits per heavy atom. The van der Waals surface area contributed by atoms with Crippen LogP contribution in [0, 0.1) is 0 Å². The molecule has 0 amide bonds. The maximum Gasteiger partial charge on any atom is 0.339 e. The van der Waals surface area contributed by atoms with Crippen molar-refractivity contribution in [1.82, 2.24) is 0 Å². The van der Waals surface area contributed by atoms with Crippen molar-refractivity contribution in [3.8, 4) is 0 Å². The molecule has 0 bridgehead atoms. The quantitative estimate of drug-likeness (QED) is 0.126. The summed E-state index contributed by atoms with van der Waals surface area (Å²) in [7, 11) is 0. The summed E-state index contributed by atoms with van der Waals surface area (Å²) in [6.07, 6.45) is 16.3. The molecule has 0 fully saturated rings. The molecule has 0 heterocycles. The van der Waals surface area contributed by atoms with Crippen LogP contribution >= 0.6 is 0 Å². The van der Waals surface area contributed by atoms with Crippen LogP contribution in [-0.4, -0.2) is 12.6 Å². The van der Waals surface area contributed by atoms with Crippen molar-refractivity contribution in [1.29, 1.82) is 0 Å². The van der Waals surface area contributed by atoms with Crippen molar-refractivity contribution >= 4 is 5.97 Å². The van der Waals surface area contributed by atoms with Gasteiger partial charge in [0.1, 0.15) is 5.57 Å². The van der Waals surface area contributed by atoms with E-state index >= 15 is 0 Å². The first kappa shape index (κ1) is 26.1. The molecular formula is C23H42F2O2. The van der Waals surface area contributed by atoms with Gasteiger partial charge in [-0.15, -0.1) is 0 Å². The molecule has 27 heavy (non-hydrogen) atoms. The molecule has 0 spiro atoms. The molecule has 0 saturated heterocycles. The molecule has 0 aliphatic heterocycles. The number of halogens is 2. The second-order valence-corrected chi connectivity index (χ2v) is 7.57. The van der Waals surface area contributed by atoms with Gasteiger partial charge in [-0.25, -0.2) is 4.79 Å². The van der Waals surface area contributed by atoms with Crippen LogP contribution in [-0.2, 0) is 9.53 Å². The number of carbonyl (C=O) groups excluding carboxylic acids is 1. The summed E-state index contributed by atoms with van der Waals surface area (Å²) in [6.45, 7) is 4.61. The van der Waals surface area contributed by atoms with Gasteiger partial charge in [0.15, 0.2) is 0 Å². The lowest BCUT2D eigenvalue weighted by Gasteiger charge is -2.08. The predicted octanol–water partition coefficient (Wildman–Crippen LogP) is 8.35. The zero-order valence-corrected chi connectivity index (χ0v) is 17.8. The Hall–Kier alpha value is -0.930. The van der Waals surface area contributed by atoms with Crippen LogP contribution in [0.5, 0.6) is 0 Å². The van der Waals surface area contributed by atoms with Gasteiger partial charge in [-0.05, 0) is 19.3 Å².